The Bertz CT molecular complexity index is 684. The highest BCUT2D eigenvalue weighted by Crippen LogP contribution is 2.19. The predicted molar refractivity (Wildman–Crippen MR) is 82.9 cm³/mol. The maximum absolute atomic E-state index is 12.1. The number of carbonyl (C=O) groups is 1. The number of hydrogen-bond acceptors (Lipinski definition) is 5. The molecular weight excluding hydrogens is 389 g/mol. The minimum Gasteiger partial charge on any atom is -0.444 e. The number of aryl methyl sites for hydroxylation is 1. The van der Waals surface area contributed by atoms with Crippen LogP contribution in [0.2, 0.25) is 0 Å². The van der Waals surface area contributed by atoms with E-state index in [4.69, 9.17) is 4.42 Å². The van der Waals surface area contributed by atoms with E-state index in [1.807, 2.05) is 29.5 Å². The Balaban J connectivity index is 2.09. The van der Waals surface area contributed by atoms with Crippen LogP contribution < -0.4 is 5.32 Å². The van der Waals surface area contributed by atoms with Crippen molar-refractivity contribution in [3.05, 3.63) is 55.3 Å². The van der Waals surface area contributed by atoms with Gasteiger partial charge in [0.1, 0.15) is 5.76 Å². The normalized spacial score (nSPS) is 10.4. The number of benzene rings is 1. The lowest BCUT2D eigenvalue weighted by Gasteiger charge is -2.05. The van der Waals surface area contributed by atoms with Crippen molar-refractivity contribution in [2.24, 2.45) is 0 Å². The first kappa shape index (κ1) is 15.4. The van der Waals surface area contributed by atoms with Gasteiger partial charge in [0.2, 0.25) is 5.89 Å². The van der Waals surface area contributed by atoms with Crippen LogP contribution in [0, 0.1) is 13.7 Å². The van der Waals surface area contributed by atoms with Crippen LogP contribution in [0.4, 0.5) is 5.69 Å². The lowest BCUT2D eigenvalue weighted by molar-refractivity contribution is -0.384. The fraction of sp³-hybridized carbons (Fsp3) is 0.231. The number of halogens is 1. The largest absolute Gasteiger partial charge is 0.444 e. The quantitative estimate of drug-likeness (QED) is 0.472. The van der Waals surface area contributed by atoms with Gasteiger partial charge in [-0.2, -0.15) is 0 Å². The van der Waals surface area contributed by atoms with Crippen LogP contribution in [0.15, 0.2) is 28.8 Å². The van der Waals surface area contributed by atoms with E-state index in [0.717, 1.165) is 12.2 Å². The maximum Gasteiger partial charge on any atom is 0.270 e. The van der Waals surface area contributed by atoms with E-state index < -0.39 is 10.8 Å². The number of carbonyl (C=O) groups excluding carboxylic acids is 1. The fourth-order valence-corrected chi connectivity index (χ4v) is 2.23. The molecule has 21 heavy (non-hydrogen) atoms. The number of non-ortho nitro benzene ring substituents is 1. The molecular formula is C13H12IN3O4. The average Bonchev–Trinajstić information content (AvgIpc) is 2.93. The molecule has 7 nitrogen and oxygen atoms in total. The summed E-state index contributed by atoms with van der Waals surface area (Å²) >= 11 is 1.96. The zero-order valence-corrected chi connectivity index (χ0v) is 13.3. The second-order valence-electron chi connectivity index (χ2n) is 4.18. The van der Waals surface area contributed by atoms with E-state index in [-0.39, 0.29) is 17.8 Å². The predicted octanol–water partition coefficient (Wildman–Crippen LogP) is 2.68. The molecule has 0 fully saturated rings. The molecule has 0 saturated heterocycles. The maximum atomic E-state index is 12.1. The van der Waals surface area contributed by atoms with Crippen molar-refractivity contribution >= 4 is 34.2 Å². The molecule has 8 heteroatoms. The van der Waals surface area contributed by atoms with Gasteiger partial charge >= 0.3 is 0 Å². The lowest BCUT2D eigenvalue weighted by Crippen LogP contribution is -2.24. The van der Waals surface area contributed by atoms with Gasteiger partial charge in [-0.05, 0) is 28.7 Å². The van der Waals surface area contributed by atoms with Crippen molar-refractivity contribution in [2.45, 2.75) is 19.9 Å². The third kappa shape index (κ3) is 3.78. The first-order chi connectivity index (χ1) is 10.0. The van der Waals surface area contributed by atoms with E-state index >= 15 is 0 Å². The molecule has 0 bridgehead atoms. The summed E-state index contributed by atoms with van der Waals surface area (Å²) in [7, 11) is 0. The number of amides is 1. The summed E-state index contributed by atoms with van der Waals surface area (Å²) in [6.07, 6.45) is 2.34. The van der Waals surface area contributed by atoms with Crippen molar-refractivity contribution < 1.29 is 14.1 Å². The first-order valence-electron chi connectivity index (χ1n) is 6.17. The van der Waals surface area contributed by atoms with Crippen molar-refractivity contribution in [3.63, 3.8) is 0 Å². The van der Waals surface area contributed by atoms with E-state index in [9.17, 15) is 14.9 Å². The third-order valence-electron chi connectivity index (χ3n) is 2.76. The van der Waals surface area contributed by atoms with Crippen LogP contribution in [0.3, 0.4) is 0 Å². The number of oxazole rings is 1. The Morgan fingerprint density at radius 3 is 2.90 bits per heavy atom. The second-order valence-corrected chi connectivity index (χ2v) is 5.34. The summed E-state index contributed by atoms with van der Waals surface area (Å²) in [4.78, 5) is 26.3. The summed E-state index contributed by atoms with van der Waals surface area (Å²) in [5.41, 5.74) is 0.136. The van der Waals surface area contributed by atoms with Crippen molar-refractivity contribution in [2.75, 3.05) is 0 Å². The van der Waals surface area contributed by atoms with E-state index in [1.165, 1.54) is 18.2 Å². The number of nitrogens with one attached hydrogen (secondary N) is 1. The zero-order chi connectivity index (χ0) is 15.4. The van der Waals surface area contributed by atoms with E-state index in [1.54, 1.807) is 6.20 Å². The SMILES string of the molecule is CCc1cnc(CNC(=O)c2cc([N+](=O)[O-])ccc2I)o1. The van der Waals surface area contributed by atoms with Crippen molar-refractivity contribution in [1.82, 2.24) is 10.3 Å². The summed E-state index contributed by atoms with van der Waals surface area (Å²) in [5.74, 6) is 0.740. The number of nitrogens with zero attached hydrogens (tertiary/aromatic N) is 2. The van der Waals surface area contributed by atoms with Gasteiger partial charge in [0.05, 0.1) is 23.2 Å². The molecule has 1 aromatic carbocycles. The van der Waals surface area contributed by atoms with Crippen LogP contribution in [-0.4, -0.2) is 15.8 Å². The van der Waals surface area contributed by atoms with E-state index in [0.29, 0.717) is 9.46 Å². The van der Waals surface area contributed by atoms with Gasteiger partial charge in [0.15, 0.2) is 0 Å². The molecule has 0 unspecified atom stereocenters. The Morgan fingerprint density at radius 2 is 2.29 bits per heavy atom. The smallest absolute Gasteiger partial charge is 0.270 e. The van der Waals surface area contributed by atoms with Crippen LogP contribution in [-0.2, 0) is 13.0 Å². The first-order valence-corrected chi connectivity index (χ1v) is 7.25. The summed E-state index contributed by atoms with van der Waals surface area (Å²) in [5, 5.41) is 13.4. The highest BCUT2D eigenvalue weighted by atomic mass is 127. The van der Waals surface area contributed by atoms with Crippen LogP contribution in [0.5, 0.6) is 0 Å². The Labute approximate surface area is 134 Å². The van der Waals surface area contributed by atoms with Gasteiger partial charge in [0.25, 0.3) is 11.6 Å². The van der Waals surface area contributed by atoms with Gasteiger partial charge < -0.3 is 9.73 Å². The Morgan fingerprint density at radius 1 is 1.52 bits per heavy atom. The van der Waals surface area contributed by atoms with Crippen molar-refractivity contribution in [1.29, 1.82) is 0 Å². The lowest BCUT2D eigenvalue weighted by atomic mass is 10.2. The summed E-state index contributed by atoms with van der Waals surface area (Å²) in [6.45, 7) is 2.08. The molecule has 1 amide bonds. The minimum atomic E-state index is -0.533. The van der Waals surface area contributed by atoms with Gasteiger partial charge in [0, 0.05) is 22.1 Å². The zero-order valence-electron chi connectivity index (χ0n) is 11.1. The molecule has 0 aliphatic rings. The standard InChI is InChI=1S/C13H12IN3O4/c1-2-9-6-15-12(21-9)7-16-13(18)10-5-8(17(19)20)3-4-11(10)14/h3-6H,2,7H2,1H3,(H,16,18). The van der Waals surface area contributed by atoms with Gasteiger partial charge in [-0.15, -0.1) is 0 Å². The van der Waals surface area contributed by atoms with Gasteiger partial charge in [-0.1, -0.05) is 6.92 Å². The molecule has 0 atom stereocenters. The van der Waals surface area contributed by atoms with Crippen molar-refractivity contribution in [3.8, 4) is 0 Å². The molecule has 0 radical (unpaired) electrons. The Kier molecular flexibility index (Phi) is 4.89. The Hall–Kier alpha value is -1.97. The number of nitro benzene ring substituents is 1. The molecule has 0 saturated carbocycles. The number of nitro groups is 1. The number of hydrogen-bond donors (Lipinski definition) is 1. The molecule has 2 aromatic rings. The van der Waals surface area contributed by atoms with Gasteiger partial charge in [-0.3, -0.25) is 14.9 Å². The number of rotatable bonds is 5. The van der Waals surface area contributed by atoms with Crippen LogP contribution in [0.1, 0.15) is 28.9 Å². The van der Waals surface area contributed by atoms with Crippen LogP contribution in [0.25, 0.3) is 0 Å². The average molecular weight is 401 g/mol. The van der Waals surface area contributed by atoms with Gasteiger partial charge in [-0.25, -0.2) is 4.98 Å². The van der Waals surface area contributed by atoms with Crippen LogP contribution >= 0.6 is 22.6 Å². The monoisotopic (exact) mass is 401 g/mol. The molecule has 1 N–H and O–H groups in total. The minimum absolute atomic E-state index is 0.120. The molecule has 0 spiro atoms. The highest BCUT2D eigenvalue weighted by Gasteiger charge is 2.16. The fourth-order valence-electron chi connectivity index (χ4n) is 1.65. The second kappa shape index (κ2) is 6.66. The molecule has 2 rings (SSSR count). The highest BCUT2D eigenvalue weighted by molar-refractivity contribution is 14.1. The summed E-state index contributed by atoms with van der Waals surface area (Å²) in [6, 6.07) is 4.15. The molecule has 1 aromatic heterocycles. The molecule has 1 heterocycles. The third-order valence-corrected chi connectivity index (χ3v) is 3.70. The number of aromatic nitrogens is 1. The molecule has 0 aliphatic heterocycles. The van der Waals surface area contributed by atoms with E-state index in [2.05, 4.69) is 10.3 Å². The topological polar surface area (TPSA) is 98.3 Å². The molecule has 110 valence electrons. The molecule has 0 aliphatic carbocycles. The summed E-state index contributed by atoms with van der Waals surface area (Å²) < 4.78 is 6.01.